The van der Waals surface area contributed by atoms with Gasteiger partial charge in [0, 0.05) is 0 Å². The van der Waals surface area contributed by atoms with Crippen LogP contribution in [0.15, 0.2) is 0 Å². The normalized spacial score (nSPS) is 43.0. The molecule has 0 amide bonds. The predicted octanol–water partition coefficient (Wildman–Crippen LogP) is -7.07. The van der Waals surface area contributed by atoms with Gasteiger partial charge in [0.05, 0.1) is 26.4 Å². The molecular weight excluding hydrogens is 404 g/mol. The Labute approximate surface area is 165 Å². The van der Waals surface area contributed by atoms with Gasteiger partial charge in [0.15, 0.2) is 12.6 Å². The van der Waals surface area contributed by atoms with E-state index < -0.39 is 80.7 Å². The molecule has 14 nitrogen and oxygen atoms in total. The number of ether oxygens (including phenoxy) is 3. The van der Waals surface area contributed by atoms with Crippen LogP contribution in [-0.2, 0) is 14.2 Å². The first-order chi connectivity index (χ1) is 13.6. The Morgan fingerprint density at radius 3 is 1.66 bits per heavy atom. The summed E-state index contributed by atoms with van der Waals surface area (Å²) in [4.78, 5) is 0. The van der Waals surface area contributed by atoms with Gasteiger partial charge >= 0.3 is 0 Å². The molecule has 0 saturated carbocycles. The lowest BCUT2D eigenvalue weighted by atomic mass is 9.97. The van der Waals surface area contributed by atoms with Gasteiger partial charge in [0.2, 0.25) is 0 Å². The van der Waals surface area contributed by atoms with Crippen molar-refractivity contribution in [1.82, 2.24) is 0 Å². The molecule has 0 bridgehead atoms. The summed E-state index contributed by atoms with van der Waals surface area (Å²) >= 11 is 0. The van der Waals surface area contributed by atoms with Crippen LogP contribution in [0.25, 0.3) is 0 Å². The van der Waals surface area contributed by atoms with Gasteiger partial charge in [-0.05, 0) is 0 Å². The highest BCUT2D eigenvalue weighted by Crippen LogP contribution is 2.28. The summed E-state index contributed by atoms with van der Waals surface area (Å²) in [7, 11) is 0. The standard InChI is InChI=1S/C12H22O11.C3H8O3/c13-1-3-5(15)6(16)9(19)12(22-3)23-10-4(2-14)21-11(20)8(18)7(10)17;4-1-3(6)2-5/h3-20H,1-2H2;3-6H,1-2H2/t3-,4-,5-,6+,7-,8-,9-,10-,11-,12-;/m1./s1. The second-order valence-electron chi connectivity index (χ2n) is 6.55. The zero-order chi connectivity index (χ0) is 22.3. The molecule has 2 aliphatic heterocycles. The minimum Gasteiger partial charge on any atom is -0.394 e. The molecule has 0 aromatic heterocycles. The smallest absolute Gasteiger partial charge is 0.187 e. The number of hydrogen-bond acceptors (Lipinski definition) is 14. The summed E-state index contributed by atoms with van der Waals surface area (Å²) in [5.41, 5.74) is 0. The van der Waals surface area contributed by atoms with Crippen molar-refractivity contribution in [2.24, 2.45) is 0 Å². The van der Waals surface area contributed by atoms with Crippen LogP contribution in [0.5, 0.6) is 0 Å². The quantitative estimate of drug-likeness (QED) is 0.186. The molecule has 2 saturated heterocycles. The highest BCUT2D eigenvalue weighted by Gasteiger charge is 2.50. The summed E-state index contributed by atoms with van der Waals surface area (Å²) in [6.45, 7) is -2.07. The maximum Gasteiger partial charge on any atom is 0.187 e. The zero-order valence-electron chi connectivity index (χ0n) is 15.3. The van der Waals surface area contributed by atoms with Gasteiger partial charge < -0.3 is 70.4 Å². The molecule has 10 atom stereocenters. The lowest BCUT2D eigenvalue weighted by molar-refractivity contribution is -0.355. The van der Waals surface area contributed by atoms with E-state index in [0.29, 0.717) is 0 Å². The third-order valence-corrected chi connectivity index (χ3v) is 4.40. The van der Waals surface area contributed by atoms with E-state index in [9.17, 15) is 35.7 Å². The molecule has 2 heterocycles. The van der Waals surface area contributed by atoms with E-state index in [1.54, 1.807) is 0 Å². The van der Waals surface area contributed by atoms with Crippen LogP contribution in [0.4, 0.5) is 0 Å². The Kier molecular flexibility index (Phi) is 11.3. The van der Waals surface area contributed by atoms with Crippen LogP contribution in [0.2, 0.25) is 0 Å². The van der Waals surface area contributed by atoms with E-state index in [0.717, 1.165) is 0 Å². The van der Waals surface area contributed by atoms with Crippen LogP contribution in [0.1, 0.15) is 0 Å². The third kappa shape index (κ3) is 6.71. The Morgan fingerprint density at radius 2 is 1.21 bits per heavy atom. The van der Waals surface area contributed by atoms with Crippen molar-refractivity contribution in [1.29, 1.82) is 0 Å². The predicted molar refractivity (Wildman–Crippen MR) is 88.8 cm³/mol. The van der Waals surface area contributed by atoms with Gasteiger partial charge in [-0.3, -0.25) is 0 Å². The fourth-order valence-electron chi connectivity index (χ4n) is 2.63. The van der Waals surface area contributed by atoms with Crippen molar-refractivity contribution >= 4 is 0 Å². The maximum absolute atomic E-state index is 9.94. The highest BCUT2D eigenvalue weighted by molar-refractivity contribution is 4.93. The van der Waals surface area contributed by atoms with Gasteiger partial charge in [-0.1, -0.05) is 0 Å². The first kappa shape index (κ1) is 26.5. The molecular formula is C15H30O14. The number of aliphatic hydroxyl groups is 11. The van der Waals surface area contributed by atoms with Crippen LogP contribution in [0.3, 0.4) is 0 Å². The van der Waals surface area contributed by atoms with Gasteiger partial charge in [0.1, 0.15) is 54.9 Å². The minimum absolute atomic E-state index is 0.365. The Hall–Kier alpha value is -0.560. The van der Waals surface area contributed by atoms with Crippen molar-refractivity contribution in [3.8, 4) is 0 Å². The third-order valence-electron chi connectivity index (χ3n) is 4.40. The largest absolute Gasteiger partial charge is 0.394 e. The SMILES string of the molecule is OCC(O)CO.OC[C@H]1O[C@H](O[C@H]2[C@H](O)[C@@H](O)[C@H](O)O[C@@H]2CO)[C@H](O)[C@@H](O)[C@@H]1O. The average Bonchev–Trinajstić information content (AvgIpc) is 2.73. The van der Waals surface area contributed by atoms with Crippen LogP contribution < -0.4 is 0 Å². The van der Waals surface area contributed by atoms with E-state index in [-0.39, 0.29) is 13.2 Å². The lowest BCUT2D eigenvalue weighted by Crippen LogP contribution is -2.64. The number of rotatable bonds is 6. The first-order valence-corrected chi connectivity index (χ1v) is 8.79. The molecule has 2 fully saturated rings. The Morgan fingerprint density at radius 1 is 0.655 bits per heavy atom. The lowest BCUT2D eigenvalue weighted by Gasteiger charge is -2.45. The summed E-state index contributed by atoms with van der Waals surface area (Å²) in [5, 5.41) is 101. The van der Waals surface area contributed by atoms with Crippen molar-refractivity contribution in [2.75, 3.05) is 26.4 Å². The summed E-state index contributed by atoms with van der Waals surface area (Å²) in [5.74, 6) is 0. The van der Waals surface area contributed by atoms with E-state index in [1.807, 2.05) is 0 Å². The Bertz CT molecular complexity index is 447. The molecule has 0 aromatic carbocycles. The van der Waals surface area contributed by atoms with Crippen molar-refractivity contribution in [3.63, 3.8) is 0 Å². The second kappa shape index (κ2) is 12.3. The van der Waals surface area contributed by atoms with Crippen LogP contribution in [0, 0.1) is 0 Å². The number of hydrogen-bond donors (Lipinski definition) is 11. The summed E-state index contributed by atoms with van der Waals surface area (Å²) in [6.07, 6.45) is -16.5. The monoisotopic (exact) mass is 434 g/mol. The molecule has 0 unspecified atom stereocenters. The molecule has 14 heteroatoms. The fourth-order valence-corrected chi connectivity index (χ4v) is 2.63. The van der Waals surface area contributed by atoms with E-state index >= 15 is 0 Å². The molecule has 0 aromatic rings. The maximum atomic E-state index is 9.94. The fraction of sp³-hybridized carbons (Fsp3) is 1.00. The summed E-state index contributed by atoms with van der Waals surface area (Å²) in [6, 6.07) is 0. The zero-order valence-corrected chi connectivity index (χ0v) is 15.3. The first-order valence-electron chi connectivity index (χ1n) is 8.79. The molecule has 2 aliphatic rings. The second-order valence-corrected chi connectivity index (χ2v) is 6.55. The van der Waals surface area contributed by atoms with Crippen molar-refractivity contribution in [3.05, 3.63) is 0 Å². The topological polar surface area (TPSA) is 250 Å². The molecule has 0 spiro atoms. The van der Waals surface area contributed by atoms with E-state index in [2.05, 4.69) is 0 Å². The molecule has 11 N–H and O–H groups in total. The van der Waals surface area contributed by atoms with Gasteiger partial charge in [-0.2, -0.15) is 0 Å². The molecule has 174 valence electrons. The van der Waals surface area contributed by atoms with Crippen LogP contribution in [-0.4, -0.2) is 150 Å². The minimum atomic E-state index is -1.74. The average molecular weight is 434 g/mol. The van der Waals surface area contributed by atoms with Crippen molar-refractivity contribution < 1.29 is 70.4 Å². The van der Waals surface area contributed by atoms with E-state index in [1.165, 1.54) is 0 Å². The highest BCUT2D eigenvalue weighted by atomic mass is 16.7. The van der Waals surface area contributed by atoms with E-state index in [4.69, 9.17) is 34.6 Å². The Balaban J connectivity index is 0.000000612. The molecule has 29 heavy (non-hydrogen) atoms. The van der Waals surface area contributed by atoms with Crippen LogP contribution >= 0.6 is 0 Å². The number of aliphatic hydroxyl groups excluding tert-OH is 11. The van der Waals surface area contributed by atoms with Gasteiger partial charge in [0.25, 0.3) is 0 Å². The van der Waals surface area contributed by atoms with Gasteiger partial charge in [-0.15, -0.1) is 0 Å². The summed E-state index contributed by atoms with van der Waals surface area (Å²) < 4.78 is 15.3. The van der Waals surface area contributed by atoms with Gasteiger partial charge in [-0.25, -0.2) is 0 Å². The molecule has 2 rings (SSSR count). The molecule has 0 radical (unpaired) electrons. The van der Waals surface area contributed by atoms with Crippen molar-refractivity contribution in [2.45, 2.75) is 67.5 Å². The molecule has 0 aliphatic carbocycles.